The molecule has 53 heavy (non-hydrogen) atoms. The first kappa shape index (κ1) is 46.3. The van der Waals surface area contributed by atoms with E-state index >= 15 is 0 Å². The Hall–Kier alpha value is -1.05. The number of rotatable bonds is 7. The van der Waals surface area contributed by atoms with Gasteiger partial charge in [0.25, 0.3) is 0 Å². The maximum absolute atomic E-state index is 14.2. The molecule has 0 aliphatic carbocycles. The summed E-state index contributed by atoms with van der Waals surface area (Å²) in [6.45, 7) is 16.6. The van der Waals surface area contributed by atoms with E-state index in [0.717, 1.165) is 0 Å². The van der Waals surface area contributed by atoms with Gasteiger partial charge >= 0.3 is 5.97 Å². The van der Waals surface area contributed by atoms with E-state index in [1.807, 2.05) is 25.9 Å². The van der Waals surface area contributed by atoms with Crippen LogP contribution in [0.15, 0.2) is 0 Å². The van der Waals surface area contributed by atoms with Crippen LogP contribution in [0.25, 0.3) is 0 Å². The summed E-state index contributed by atoms with van der Waals surface area (Å²) in [4.78, 5) is 17.8. The fourth-order valence-corrected chi connectivity index (χ4v) is 8.80. The van der Waals surface area contributed by atoms with Crippen molar-refractivity contribution in [1.29, 1.82) is 0 Å². The van der Waals surface area contributed by atoms with Crippen LogP contribution in [0.3, 0.4) is 0 Å². The number of likely N-dealkylation sites (N-methyl/N-ethyl adjacent to an activating group) is 2. The van der Waals surface area contributed by atoms with E-state index in [9.17, 15) is 35.4 Å². The molecule has 0 saturated carbocycles. The summed E-state index contributed by atoms with van der Waals surface area (Å²) in [7, 11) is 6.88. The number of ether oxygens (including phenoxy) is 6. The highest BCUT2D eigenvalue weighted by Crippen LogP contribution is 2.40. The maximum atomic E-state index is 14.2. The van der Waals surface area contributed by atoms with E-state index in [4.69, 9.17) is 28.4 Å². The Morgan fingerprint density at radius 2 is 1.55 bits per heavy atom. The topological polar surface area (TPSA) is 200 Å². The highest BCUT2D eigenvalue weighted by atomic mass is 16.7. The first-order chi connectivity index (χ1) is 24.2. The van der Waals surface area contributed by atoms with Gasteiger partial charge in [-0.25, -0.2) is 0 Å². The van der Waals surface area contributed by atoms with Gasteiger partial charge in [0.2, 0.25) is 0 Å². The number of carbonyl (C=O) groups excluding carboxylic acids is 1. The predicted molar refractivity (Wildman–Crippen MR) is 196 cm³/mol. The van der Waals surface area contributed by atoms with Crippen LogP contribution in [0, 0.1) is 11.8 Å². The first-order valence-corrected chi connectivity index (χ1v) is 19.2. The number of aliphatic hydroxyl groups excluding tert-OH is 3. The number of methoxy groups -OCH3 is 1. The van der Waals surface area contributed by atoms with Gasteiger partial charge in [0.1, 0.15) is 30.0 Å². The van der Waals surface area contributed by atoms with Gasteiger partial charge in [0.15, 0.2) is 12.6 Å². The van der Waals surface area contributed by atoms with Gasteiger partial charge in [0.05, 0.1) is 47.1 Å². The van der Waals surface area contributed by atoms with E-state index in [-0.39, 0.29) is 38.0 Å². The number of hydrogen-bond acceptors (Lipinski definition) is 15. The van der Waals surface area contributed by atoms with E-state index < -0.39 is 102 Å². The van der Waals surface area contributed by atoms with Crippen molar-refractivity contribution in [2.45, 2.75) is 191 Å². The smallest absolute Gasteiger partial charge is 0.311 e. The van der Waals surface area contributed by atoms with Crippen molar-refractivity contribution in [3.8, 4) is 0 Å². The van der Waals surface area contributed by atoms with Crippen molar-refractivity contribution in [2.24, 2.45) is 11.8 Å². The highest BCUT2D eigenvalue weighted by molar-refractivity contribution is 5.73. The van der Waals surface area contributed by atoms with E-state index in [0.29, 0.717) is 6.42 Å². The molecule has 3 saturated heterocycles. The van der Waals surface area contributed by atoms with Gasteiger partial charge in [-0.1, -0.05) is 13.8 Å². The number of carbonyl (C=O) groups is 1. The molecule has 15 nitrogen and oxygen atoms in total. The zero-order chi connectivity index (χ0) is 40.6. The molecule has 1 unspecified atom stereocenters. The summed E-state index contributed by atoms with van der Waals surface area (Å²) in [5.41, 5.74) is -6.38. The molecule has 18 atom stereocenters. The van der Waals surface area contributed by atoms with Gasteiger partial charge in [-0.05, 0) is 89.4 Å². The second kappa shape index (κ2) is 17.6. The number of esters is 1. The minimum atomic E-state index is -1.89. The van der Waals surface area contributed by atoms with Crippen LogP contribution in [0.2, 0.25) is 0 Å². The molecule has 312 valence electrons. The molecule has 15 heteroatoms. The molecule has 0 spiro atoms. The van der Waals surface area contributed by atoms with Crippen LogP contribution >= 0.6 is 0 Å². The van der Waals surface area contributed by atoms with Gasteiger partial charge in [-0.15, -0.1) is 0 Å². The van der Waals surface area contributed by atoms with Crippen molar-refractivity contribution < 1.29 is 63.9 Å². The van der Waals surface area contributed by atoms with Gasteiger partial charge in [0, 0.05) is 44.5 Å². The van der Waals surface area contributed by atoms with Crippen molar-refractivity contribution in [2.75, 3.05) is 34.8 Å². The summed E-state index contributed by atoms with van der Waals surface area (Å²) < 4.78 is 37.3. The molecule has 0 aromatic heterocycles. The molecule has 6 N–H and O–H groups in total. The normalized spacial score (nSPS) is 50.3. The third-order valence-electron chi connectivity index (χ3n) is 12.2. The first-order valence-electron chi connectivity index (χ1n) is 19.2. The lowest BCUT2D eigenvalue weighted by Crippen LogP contribution is -2.61. The Morgan fingerprint density at radius 1 is 0.943 bits per heavy atom. The SMILES string of the molecule is CC[C@H]1OC(=O)[C@H](C)[C@@H](O[C@H]2C[C@@](C)(OC)[C@@H](O)[C@H](C)O2)[C@H](C)[C@@H](O[C@@H]2O[C@H](C)C[C@H](N(C)C)[C@H]2O)[C@](C)(O)CC(C)(O)CN(C)[C@H](C)[C@@H](O)[C@]1(C)O. The molecule has 3 rings (SSSR count). The Labute approximate surface area is 316 Å². The minimum absolute atomic E-state index is 0.0283. The molecule has 3 aliphatic heterocycles. The predicted octanol–water partition coefficient (Wildman–Crippen LogP) is 1.02. The van der Waals surface area contributed by atoms with Crippen LogP contribution in [0.4, 0.5) is 0 Å². The Balaban J connectivity index is 2.21. The highest BCUT2D eigenvalue weighted by Gasteiger charge is 2.53. The van der Waals surface area contributed by atoms with Gasteiger partial charge in [-0.2, -0.15) is 0 Å². The Kier molecular flexibility index (Phi) is 15.4. The number of β-amino-alcohol motifs (C(OH)–C–C–N with tert-alkyl or cyclic N) is 1. The van der Waals surface area contributed by atoms with E-state index in [2.05, 4.69) is 0 Å². The summed E-state index contributed by atoms with van der Waals surface area (Å²) >= 11 is 0. The maximum Gasteiger partial charge on any atom is 0.311 e. The zero-order valence-corrected chi connectivity index (χ0v) is 34.6. The third-order valence-corrected chi connectivity index (χ3v) is 12.2. The largest absolute Gasteiger partial charge is 0.459 e. The average Bonchev–Trinajstić information content (AvgIpc) is 3.05. The molecule has 0 radical (unpaired) electrons. The monoisotopic (exact) mass is 765 g/mol. The van der Waals surface area contributed by atoms with E-state index in [1.54, 1.807) is 60.4 Å². The number of cyclic esters (lactones) is 1. The summed E-state index contributed by atoms with van der Waals surface area (Å²) in [5.74, 6) is -2.69. The standard InChI is InChI=1S/C38H72N2O13/c1-15-26-38(10,47)30(42)23(5)40(13)19-35(7,45)18-36(8,46)32(53-34-28(41)25(39(11)12)16-20(2)49-34)21(3)29(22(4)33(44)51-26)52-27-17-37(9,48-14)31(43)24(6)50-27/h20-32,34,41-43,45-47H,15-19H2,1-14H3/t20-,21+,22-,23-,24+,25+,26-,27+,28-,29+,30-,31+,32-,34+,35?,36-,37-,38-/m1/s1. The van der Waals surface area contributed by atoms with Crippen molar-refractivity contribution in [3.63, 3.8) is 0 Å². The molecular weight excluding hydrogens is 692 g/mol. The molecule has 0 aromatic rings. The molecule has 3 aliphatic rings. The lowest BCUT2D eigenvalue weighted by Gasteiger charge is -2.49. The Bertz CT molecular complexity index is 1190. The summed E-state index contributed by atoms with van der Waals surface area (Å²) in [6, 6.07) is -1.05. The van der Waals surface area contributed by atoms with Gasteiger partial charge < -0.3 is 64.0 Å². The quantitative estimate of drug-likeness (QED) is 0.201. The van der Waals surface area contributed by atoms with Crippen LogP contribution in [-0.2, 0) is 33.2 Å². The van der Waals surface area contributed by atoms with Crippen LogP contribution < -0.4 is 0 Å². The number of hydrogen-bond donors (Lipinski definition) is 6. The average molecular weight is 765 g/mol. The van der Waals surface area contributed by atoms with Crippen LogP contribution in [-0.4, -0.2) is 177 Å². The minimum Gasteiger partial charge on any atom is -0.459 e. The summed E-state index contributed by atoms with van der Waals surface area (Å²) in [5, 5.41) is 70.0. The lowest BCUT2D eigenvalue weighted by atomic mass is 9.76. The van der Waals surface area contributed by atoms with Gasteiger partial charge in [-0.3, -0.25) is 9.69 Å². The van der Waals surface area contributed by atoms with Crippen LogP contribution in [0.5, 0.6) is 0 Å². The molecule has 3 heterocycles. The fraction of sp³-hybridized carbons (Fsp3) is 0.974. The molecular formula is C38H72N2O13. The van der Waals surface area contributed by atoms with Crippen LogP contribution in [0.1, 0.15) is 94.9 Å². The molecule has 0 bridgehead atoms. The second-order valence-corrected chi connectivity index (χ2v) is 17.5. The molecule has 0 aromatic carbocycles. The molecule has 0 amide bonds. The van der Waals surface area contributed by atoms with Crippen molar-refractivity contribution >= 4 is 5.97 Å². The summed E-state index contributed by atoms with van der Waals surface area (Å²) in [6.07, 6.45) is -9.63. The molecule has 3 fully saturated rings. The zero-order valence-electron chi connectivity index (χ0n) is 34.6. The van der Waals surface area contributed by atoms with Crippen molar-refractivity contribution in [1.82, 2.24) is 9.80 Å². The van der Waals surface area contributed by atoms with Crippen molar-refractivity contribution in [3.05, 3.63) is 0 Å². The Morgan fingerprint density at radius 3 is 2.09 bits per heavy atom. The lowest BCUT2D eigenvalue weighted by molar-refractivity contribution is -0.319. The second-order valence-electron chi connectivity index (χ2n) is 17.5. The number of nitrogens with zero attached hydrogens (tertiary/aromatic N) is 2. The third kappa shape index (κ3) is 10.5. The number of aliphatic hydroxyl groups is 6. The fourth-order valence-electron chi connectivity index (χ4n) is 8.80. The van der Waals surface area contributed by atoms with E-state index in [1.165, 1.54) is 21.0 Å².